The number of rotatable bonds is 0. The second-order valence-electron chi connectivity index (χ2n) is 1.21. The lowest BCUT2D eigenvalue weighted by atomic mass is 10.7. The van der Waals surface area contributed by atoms with E-state index in [0.29, 0.717) is 0 Å². The highest BCUT2D eigenvalue weighted by atomic mass is 16.2. The predicted molar refractivity (Wildman–Crippen MR) is 33.6 cm³/mol. The van der Waals surface area contributed by atoms with Gasteiger partial charge in [0.05, 0.1) is 12.4 Å². The van der Waals surface area contributed by atoms with Crippen LogP contribution in [0.4, 0.5) is 4.79 Å². The molecule has 0 spiro atoms. The van der Waals surface area contributed by atoms with Crippen molar-refractivity contribution in [1.29, 1.82) is 0 Å². The van der Waals surface area contributed by atoms with Gasteiger partial charge < -0.3 is 11.5 Å². The molecule has 4 N–H and O–H groups in total. The monoisotopic (exact) mass is 141 g/mol. The number of hydrogen-bond donors (Lipinski definition) is 2. The third kappa shape index (κ3) is 9.56. The van der Waals surface area contributed by atoms with Gasteiger partial charge in [-0.3, -0.25) is 0 Å². The standard InChI is InChI=1S/C3H3N3.CH4N2O/c1-2-4-6-5-3-1;2-1(3)4/h1-3H;(H4,2,3,4). The minimum Gasteiger partial charge on any atom is -0.352 e. The fourth-order valence-electron chi connectivity index (χ4n) is 0.205. The van der Waals surface area contributed by atoms with Gasteiger partial charge in [-0.25, -0.2) is 4.79 Å². The summed E-state index contributed by atoms with van der Waals surface area (Å²) >= 11 is 0. The van der Waals surface area contributed by atoms with Gasteiger partial charge in [0.2, 0.25) is 0 Å². The van der Waals surface area contributed by atoms with Crippen LogP contribution in [-0.2, 0) is 0 Å². The highest BCUT2D eigenvalue weighted by Crippen LogP contribution is 1.61. The van der Waals surface area contributed by atoms with Crippen LogP contribution in [0.1, 0.15) is 0 Å². The molecule has 0 aromatic carbocycles. The quantitative estimate of drug-likeness (QED) is 0.477. The van der Waals surface area contributed by atoms with Crippen molar-refractivity contribution in [2.75, 3.05) is 0 Å². The van der Waals surface area contributed by atoms with E-state index in [1.807, 2.05) is 0 Å². The van der Waals surface area contributed by atoms with Crippen molar-refractivity contribution in [3.05, 3.63) is 18.5 Å². The summed E-state index contributed by atoms with van der Waals surface area (Å²) < 4.78 is 0. The molecule has 0 aliphatic heterocycles. The van der Waals surface area contributed by atoms with E-state index in [1.165, 1.54) is 0 Å². The summed E-state index contributed by atoms with van der Waals surface area (Å²) in [5.41, 5.74) is 8.50. The summed E-state index contributed by atoms with van der Waals surface area (Å²) in [5, 5.41) is 10.1. The van der Waals surface area contributed by atoms with Crippen LogP contribution in [0.15, 0.2) is 18.5 Å². The number of aromatic nitrogens is 3. The first-order valence-electron chi connectivity index (χ1n) is 2.36. The third-order valence-electron chi connectivity index (χ3n) is 0.409. The molecule has 2 amide bonds. The fraction of sp³-hybridized carbons (Fsp3) is 0. The number of nitrogens with zero attached hydrogens (tertiary/aromatic N) is 3. The number of carbonyl (C=O) groups is 1. The van der Waals surface area contributed by atoms with Crippen LogP contribution in [0.5, 0.6) is 0 Å². The van der Waals surface area contributed by atoms with Crippen LogP contribution in [0.2, 0.25) is 0 Å². The Hall–Kier alpha value is -1.72. The van der Waals surface area contributed by atoms with Crippen LogP contribution in [0.25, 0.3) is 0 Å². The van der Waals surface area contributed by atoms with Gasteiger partial charge >= 0.3 is 6.03 Å². The molecule has 0 unspecified atom stereocenters. The van der Waals surface area contributed by atoms with Gasteiger partial charge in [-0.1, -0.05) is 0 Å². The molecule has 54 valence electrons. The Morgan fingerprint density at radius 1 is 1.20 bits per heavy atom. The van der Waals surface area contributed by atoms with Crippen LogP contribution in [0, 0.1) is 0 Å². The van der Waals surface area contributed by atoms with Gasteiger partial charge in [-0.2, -0.15) is 0 Å². The summed E-state index contributed by atoms with van der Waals surface area (Å²) in [7, 11) is 0. The van der Waals surface area contributed by atoms with E-state index in [0.717, 1.165) is 0 Å². The number of nitrogens with two attached hydrogens (primary N) is 2. The van der Waals surface area contributed by atoms with Crippen molar-refractivity contribution in [1.82, 2.24) is 15.4 Å². The number of urea groups is 1. The number of hydrogen-bond acceptors (Lipinski definition) is 4. The zero-order chi connectivity index (χ0) is 7.82. The Labute approximate surface area is 57.2 Å². The number of carbonyl (C=O) groups excluding carboxylic acids is 1. The van der Waals surface area contributed by atoms with Gasteiger partial charge in [0.15, 0.2) is 0 Å². The normalized spacial score (nSPS) is 7.20. The van der Waals surface area contributed by atoms with E-state index in [9.17, 15) is 0 Å². The molecule has 0 aliphatic carbocycles. The van der Waals surface area contributed by atoms with Crippen molar-refractivity contribution >= 4 is 6.03 Å². The van der Waals surface area contributed by atoms with Gasteiger partial charge in [0, 0.05) is 0 Å². The summed E-state index contributed by atoms with van der Waals surface area (Å²) in [6, 6.07) is 0.882. The van der Waals surface area contributed by atoms with E-state index in [4.69, 9.17) is 4.79 Å². The van der Waals surface area contributed by atoms with Crippen LogP contribution < -0.4 is 11.5 Å². The average molecular weight is 141 g/mol. The molecule has 0 saturated heterocycles. The number of amides is 2. The Morgan fingerprint density at radius 3 is 1.70 bits per heavy atom. The molecule has 6 heteroatoms. The zero-order valence-corrected chi connectivity index (χ0v) is 5.14. The molecule has 0 radical (unpaired) electrons. The molecule has 10 heavy (non-hydrogen) atoms. The SMILES string of the molecule is NC(N)=O.c1cnnnc1. The molecule has 0 atom stereocenters. The molecule has 1 rings (SSSR count). The Balaban J connectivity index is 0.000000180. The smallest absolute Gasteiger partial charge is 0.309 e. The maximum Gasteiger partial charge on any atom is 0.309 e. The lowest BCUT2D eigenvalue weighted by molar-refractivity contribution is 0.256. The van der Waals surface area contributed by atoms with Gasteiger partial charge in [-0.05, 0) is 11.3 Å². The van der Waals surface area contributed by atoms with Crippen molar-refractivity contribution in [3.63, 3.8) is 0 Å². The minimum atomic E-state index is -0.833. The molecule has 6 nitrogen and oxygen atoms in total. The highest BCUT2D eigenvalue weighted by molar-refractivity contribution is 5.69. The molecule has 1 aromatic heterocycles. The van der Waals surface area contributed by atoms with Crippen molar-refractivity contribution in [2.24, 2.45) is 11.5 Å². The van der Waals surface area contributed by atoms with Crippen molar-refractivity contribution in [2.45, 2.75) is 0 Å². The predicted octanol–water partition coefficient (Wildman–Crippen LogP) is -1.10. The average Bonchev–Trinajstić information content (AvgIpc) is 1.90. The molecule has 0 saturated carbocycles. The van der Waals surface area contributed by atoms with Crippen molar-refractivity contribution < 1.29 is 4.79 Å². The van der Waals surface area contributed by atoms with E-state index < -0.39 is 6.03 Å². The second-order valence-corrected chi connectivity index (χ2v) is 1.21. The molecule has 0 aliphatic rings. The van der Waals surface area contributed by atoms with Crippen molar-refractivity contribution in [3.8, 4) is 0 Å². The molecule has 1 heterocycles. The summed E-state index contributed by atoms with van der Waals surface area (Å²) in [6.45, 7) is 0. The maximum atomic E-state index is 9.00. The lowest BCUT2D eigenvalue weighted by Gasteiger charge is -1.68. The minimum absolute atomic E-state index is 0.833. The molecular formula is C4H7N5O. The largest absolute Gasteiger partial charge is 0.352 e. The van der Waals surface area contributed by atoms with Gasteiger partial charge in [0.1, 0.15) is 0 Å². The maximum absolute atomic E-state index is 9.00. The highest BCUT2D eigenvalue weighted by Gasteiger charge is 1.61. The van der Waals surface area contributed by atoms with E-state index >= 15 is 0 Å². The van der Waals surface area contributed by atoms with E-state index in [2.05, 4.69) is 26.9 Å². The first-order valence-corrected chi connectivity index (χ1v) is 2.36. The Morgan fingerprint density at radius 2 is 1.60 bits per heavy atom. The van der Waals surface area contributed by atoms with Crippen LogP contribution >= 0.6 is 0 Å². The summed E-state index contributed by atoms with van der Waals surface area (Å²) in [5.74, 6) is 0. The van der Waals surface area contributed by atoms with Crippen LogP contribution in [0.3, 0.4) is 0 Å². The molecular weight excluding hydrogens is 134 g/mol. The summed E-state index contributed by atoms with van der Waals surface area (Å²) in [4.78, 5) is 9.00. The Kier molecular flexibility index (Phi) is 4.49. The molecule has 0 fully saturated rings. The molecule has 1 aromatic rings. The zero-order valence-electron chi connectivity index (χ0n) is 5.14. The third-order valence-corrected chi connectivity index (χ3v) is 0.409. The van der Waals surface area contributed by atoms with Gasteiger partial charge in [-0.15, -0.1) is 10.2 Å². The first-order chi connectivity index (χ1) is 4.73. The second kappa shape index (κ2) is 5.42. The van der Waals surface area contributed by atoms with Crippen LogP contribution in [-0.4, -0.2) is 21.4 Å². The number of primary amides is 2. The topological polar surface area (TPSA) is 108 Å². The Bertz CT molecular complexity index is 146. The van der Waals surface area contributed by atoms with E-state index in [-0.39, 0.29) is 0 Å². The lowest BCUT2D eigenvalue weighted by Crippen LogP contribution is -2.18. The molecule has 0 bridgehead atoms. The van der Waals surface area contributed by atoms with E-state index in [1.54, 1.807) is 18.5 Å². The fourth-order valence-corrected chi connectivity index (χ4v) is 0.205. The summed E-state index contributed by atoms with van der Waals surface area (Å²) in [6.07, 6.45) is 3.15. The first kappa shape index (κ1) is 8.28. The van der Waals surface area contributed by atoms with Gasteiger partial charge in [0.25, 0.3) is 0 Å².